The first kappa shape index (κ1) is 20.1. The van der Waals surface area contributed by atoms with Gasteiger partial charge in [0.2, 0.25) is 11.8 Å². The second kappa shape index (κ2) is 8.28. The Morgan fingerprint density at radius 2 is 1.86 bits per heavy atom. The highest BCUT2D eigenvalue weighted by Crippen LogP contribution is 2.41. The summed E-state index contributed by atoms with van der Waals surface area (Å²) >= 11 is 0. The van der Waals surface area contributed by atoms with E-state index >= 15 is 0 Å². The lowest BCUT2D eigenvalue weighted by molar-refractivity contribution is -0.155. The van der Waals surface area contributed by atoms with Crippen LogP contribution in [-0.4, -0.2) is 82.6 Å². The third kappa shape index (κ3) is 3.94. The summed E-state index contributed by atoms with van der Waals surface area (Å²) in [4.78, 5) is 29.6. The minimum atomic E-state index is 0.111. The first-order valence-electron chi connectivity index (χ1n) is 11.2. The van der Waals surface area contributed by atoms with Crippen molar-refractivity contribution >= 4 is 11.8 Å². The van der Waals surface area contributed by atoms with Gasteiger partial charge in [0.15, 0.2) is 0 Å². The normalized spacial score (nSPS) is 36.5. The Hall–Kier alpha value is -1.18. The number of piperazine rings is 1. The van der Waals surface area contributed by atoms with Crippen molar-refractivity contribution in [3.63, 3.8) is 0 Å². The quantitative estimate of drug-likeness (QED) is 0.725. The molecule has 2 amide bonds. The average Bonchev–Trinajstić information content (AvgIpc) is 3.42. The highest BCUT2D eigenvalue weighted by molar-refractivity contribution is 5.82. The predicted molar refractivity (Wildman–Crippen MR) is 106 cm³/mol. The number of hydrogen-bond acceptors (Lipinski definition) is 5. The van der Waals surface area contributed by atoms with Crippen molar-refractivity contribution in [3.8, 4) is 0 Å². The van der Waals surface area contributed by atoms with E-state index in [2.05, 4.69) is 27.2 Å². The fourth-order valence-corrected chi connectivity index (χ4v) is 5.85. The molecular weight excluding hydrogens is 356 g/mol. The van der Waals surface area contributed by atoms with Crippen molar-refractivity contribution < 1.29 is 14.7 Å². The van der Waals surface area contributed by atoms with Gasteiger partial charge in [-0.3, -0.25) is 15.0 Å². The van der Waals surface area contributed by atoms with Gasteiger partial charge in [0.05, 0.1) is 12.1 Å². The molecule has 0 radical (unpaired) electrons. The molecule has 0 spiro atoms. The van der Waals surface area contributed by atoms with Crippen molar-refractivity contribution in [2.75, 3.05) is 32.8 Å². The summed E-state index contributed by atoms with van der Waals surface area (Å²) in [6.07, 6.45) is 6.01. The van der Waals surface area contributed by atoms with Crippen LogP contribution in [0.25, 0.3) is 0 Å². The molecule has 2 saturated carbocycles. The molecule has 2 aliphatic heterocycles. The van der Waals surface area contributed by atoms with Crippen molar-refractivity contribution in [1.82, 2.24) is 20.2 Å². The van der Waals surface area contributed by atoms with E-state index in [-0.39, 0.29) is 36.6 Å². The van der Waals surface area contributed by atoms with E-state index in [0.29, 0.717) is 24.3 Å². The standard InChI is InChI=1S/C21H36N4O3/c1-14-12-24(21(28)16-4-5-16)20-10-17(6-7-19(20)25(14)15(2)27)18-11-22-23(13-18)8-3-9-26/h14,16-20,22,26H,3-13H2,1-2H3/t14-,17?,18?,19?,20?/m0/s1. The summed E-state index contributed by atoms with van der Waals surface area (Å²) in [5, 5.41) is 11.3. The minimum absolute atomic E-state index is 0.111. The van der Waals surface area contributed by atoms with Crippen molar-refractivity contribution in [2.24, 2.45) is 17.8 Å². The molecule has 0 aromatic rings. The molecular formula is C21H36N4O3. The Labute approximate surface area is 168 Å². The summed E-state index contributed by atoms with van der Waals surface area (Å²) in [5.41, 5.74) is 3.48. The topological polar surface area (TPSA) is 76.1 Å². The van der Waals surface area contributed by atoms with Gasteiger partial charge in [0.1, 0.15) is 0 Å². The number of nitrogens with one attached hydrogen (secondary N) is 1. The Bertz CT molecular complexity index is 596. The number of fused-ring (bicyclic) bond motifs is 1. The minimum Gasteiger partial charge on any atom is -0.396 e. The van der Waals surface area contributed by atoms with Gasteiger partial charge in [-0.1, -0.05) is 0 Å². The molecule has 5 atom stereocenters. The van der Waals surface area contributed by atoms with Gasteiger partial charge in [-0.25, -0.2) is 5.01 Å². The van der Waals surface area contributed by atoms with E-state index in [4.69, 9.17) is 5.11 Å². The number of amides is 2. The lowest BCUT2D eigenvalue weighted by Gasteiger charge is -2.54. The zero-order valence-electron chi connectivity index (χ0n) is 17.3. The smallest absolute Gasteiger partial charge is 0.226 e. The molecule has 2 heterocycles. The van der Waals surface area contributed by atoms with Gasteiger partial charge >= 0.3 is 0 Å². The van der Waals surface area contributed by atoms with Gasteiger partial charge in [-0.15, -0.1) is 0 Å². The summed E-state index contributed by atoms with van der Waals surface area (Å²) < 4.78 is 0. The number of hydrazine groups is 1. The summed E-state index contributed by atoms with van der Waals surface area (Å²) in [6.45, 7) is 7.58. The second-order valence-electron chi connectivity index (χ2n) is 9.39. The third-order valence-corrected chi connectivity index (χ3v) is 7.37. The predicted octanol–water partition coefficient (Wildman–Crippen LogP) is 0.832. The Balaban J connectivity index is 1.46. The summed E-state index contributed by atoms with van der Waals surface area (Å²) in [7, 11) is 0. The number of rotatable bonds is 5. The fourth-order valence-electron chi connectivity index (χ4n) is 5.85. The van der Waals surface area contributed by atoms with Crippen LogP contribution in [0.3, 0.4) is 0 Å². The van der Waals surface area contributed by atoms with Gasteiger partial charge in [0, 0.05) is 51.7 Å². The van der Waals surface area contributed by atoms with E-state index in [9.17, 15) is 9.59 Å². The largest absolute Gasteiger partial charge is 0.396 e. The van der Waals surface area contributed by atoms with Gasteiger partial charge < -0.3 is 14.9 Å². The number of aliphatic hydroxyl groups excluding tert-OH is 1. The van der Waals surface area contributed by atoms with Crippen LogP contribution in [0.15, 0.2) is 0 Å². The van der Waals surface area contributed by atoms with Crippen LogP contribution < -0.4 is 5.43 Å². The van der Waals surface area contributed by atoms with Crippen LogP contribution >= 0.6 is 0 Å². The molecule has 2 N–H and O–H groups in total. The maximum atomic E-state index is 13.0. The monoisotopic (exact) mass is 392 g/mol. The molecule has 2 aliphatic carbocycles. The molecule has 0 aromatic heterocycles. The van der Waals surface area contributed by atoms with Crippen LogP contribution in [0.2, 0.25) is 0 Å². The molecule has 4 aliphatic rings. The number of hydrogen-bond donors (Lipinski definition) is 2. The lowest BCUT2D eigenvalue weighted by Crippen LogP contribution is -2.67. The summed E-state index contributed by atoms with van der Waals surface area (Å²) in [5.74, 6) is 1.89. The summed E-state index contributed by atoms with van der Waals surface area (Å²) in [6, 6.07) is 0.471. The van der Waals surface area contributed by atoms with E-state index in [1.165, 1.54) is 0 Å². The number of aliphatic hydroxyl groups is 1. The molecule has 158 valence electrons. The maximum Gasteiger partial charge on any atom is 0.226 e. The fraction of sp³-hybridized carbons (Fsp3) is 0.905. The molecule has 0 aromatic carbocycles. The molecule has 4 fully saturated rings. The van der Waals surface area contributed by atoms with Crippen LogP contribution in [0.5, 0.6) is 0 Å². The molecule has 7 nitrogen and oxygen atoms in total. The first-order valence-corrected chi connectivity index (χ1v) is 11.2. The van der Waals surface area contributed by atoms with E-state index < -0.39 is 0 Å². The third-order valence-electron chi connectivity index (χ3n) is 7.37. The SMILES string of the molecule is CC(=O)N1C2CCC(C3CNN(CCCO)C3)CC2N(C(=O)C2CC2)C[C@@H]1C. The van der Waals surface area contributed by atoms with E-state index in [0.717, 1.165) is 58.2 Å². The number of carbonyl (C=O) groups excluding carboxylic acids is 2. The van der Waals surface area contributed by atoms with Crippen LogP contribution in [0.4, 0.5) is 0 Å². The Morgan fingerprint density at radius 3 is 2.54 bits per heavy atom. The average molecular weight is 393 g/mol. The lowest BCUT2D eigenvalue weighted by atomic mass is 9.73. The van der Waals surface area contributed by atoms with Crippen molar-refractivity contribution in [1.29, 1.82) is 0 Å². The van der Waals surface area contributed by atoms with Crippen molar-refractivity contribution in [2.45, 2.75) is 70.5 Å². The first-order chi connectivity index (χ1) is 13.5. The van der Waals surface area contributed by atoms with E-state index in [1.807, 2.05) is 0 Å². The Kier molecular flexibility index (Phi) is 5.95. The highest BCUT2D eigenvalue weighted by Gasteiger charge is 2.49. The maximum absolute atomic E-state index is 13.0. The number of carbonyl (C=O) groups is 2. The van der Waals surface area contributed by atoms with Crippen LogP contribution in [0, 0.1) is 17.8 Å². The van der Waals surface area contributed by atoms with Crippen molar-refractivity contribution in [3.05, 3.63) is 0 Å². The highest BCUT2D eigenvalue weighted by atomic mass is 16.3. The number of nitrogens with zero attached hydrogens (tertiary/aromatic N) is 3. The second-order valence-corrected chi connectivity index (χ2v) is 9.39. The molecule has 28 heavy (non-hydrogen) atoms. The molecule has 2 saturated heterocycles. The van der Waals surface area contributed by atoms with Crippen LogP contribution in [0.1, 0.15) is 52.4 Å². The molecule has 4 unspecified atom stereocenters. The van der Waals surface area contributed by atoms with Gasteiger partial charge in [0.25, 0.3) is 0 Å². The molecule has 4 rings (SSSR count). The van der Waals surface area contributed by atoms with Crippen LogP contribution in [-0.2, 0) is 9.59 Å². The Morgan fingerprint density at radius 1 is 1.07 bits per heavy atom. The van der Waals surface area contributed by atoms with Gasteiger partial charge in [-0.2, -0.15) is 0 Å². The zero-order chi connectivity index (χ0) is 19.8. The van der Waals surface area contributed by atoms with Gasteiger partial charge in [-0.05, 0) is 57.3 Å². The zero-order valence-corrected chi connectivity index (χ0v) is 17.3. The van der Waals surface area contributed by atoms with E-state index in [1.54, 1.807) is 6.92 Å². The molecule has 7 heteroatoms. The molecule has 0 bridgehead atoms.